The summed E-state index contributed by atoms with van der Waals surface area (Å²) in [7, 11) is -3.68. The van der Waals surface area contributed by atoms with Gasteiger partial charge in [-0.3, -0.25) is 4.79 Å². The molecule has 0 aromatic heterocycles. The first-order valence-corrected chi connectivity index (χ1v) is 11.7. The second kappa shape index (κ2) is 10.2. The molecular formula is C19H23ClN2O4S2. The Morgan fingerprint density at radius 1 is 1.18 bits per heavy atom. The van der Waals surface area contributed by atoms with Gasteiger partial charge in [0.05, 0.1) is 16.3 Å². The summed E-state index contributed by atoms with van der Waals surface area (Å²) >= 11 is 7.33. The summed E-state index contributed by atoms with van der Waals surface area (Å²) in [5.41, 5.74) is 1.07. The smallest absolute Gasteiger partial charge is 0.243 e. The van der Waals surface area contributed by atoms with Gasteiger partial charge in [0.25, 0.3) is 0 Å². The molecule has 0 heterocycles. The van der Waals surface area contributed by atoms with Crippen molar-refractivity contribution in [3.05, 3.63) is 53.1 Å². The third-order valence-corrected chi connectivity index (χ3v) is 7.26. The second-order valence-corrected chi connectivity index (χ2v) is 9.30. The SMILES string of the molecule is CCN(CC)S(=O)(=O)c1ccc(O)c(NC(=O)CSCc2cccc(Cl)c2)c1. The van der Waals surface area contributed by atoms with Crippen LogP contribution >= 0.6 is 23.4 Å². The molecule has 0 aliphatic rings. The number of sulfonamides is 1. The summed E-state index contributed by atoms with van der Waals surface area (Å²) in [6, 6.07) is 11.3. The Morgan fingerprint density at radius 2 is 1.89 bits per heavy atom. The van der Waals surface area contributed by atoms with Gasteiger partial charge in [-0.05, 0) is 35.9 Å². The number of phenols is 1. The Kier molecular flexibility index (Phi) is 8.18. The standard InChI is InChI=1S/C19H23ClN2O4S2/c1-3-22(4-2)28(25,26)16-8-9-18(23)17(11-16)21-19(24)13-27-12-14-6-5-7-15(20)10-14/h5-11,23H,3-4,12-13H2,1-2H3,(H,21,24). The predicted octanol–water partition coefficient (Wildman–Crippen LogP) is 3.95. The number of phenolic OH excluding ortho intramolecular Hbond substituents is 1. The van der Waals surface area contributed by atoms with Gasteiger partial charge in [0, 0.05) is 23.9 Å². The number of anilines is 1. The summed E-state index contributed by atoms with van der Waals surface area (Å²) in [6.07, 6.45) is 0. The maximum atomic E-state index is 12.6. The molecule has 2 aromatic carbocycles. The molecule has 0 unspecified atom stereocenters. The summed E-state index contributed by atoms with van der Waals surface area (Å²) in [4.78, 5) is 12.2. The monoisotopic (exact) mass is 442 g/mol. The zero-order chi connectivity index (χ0) is 20.7. The number of rotatable bonds is 9. The Bertz CT molecular complexity index is 931. The van der Waals surface area contributed by atoms with E-state index >= 15 is 0 Å². The van der Waals surface area contributed by atoms with Crippen LogP contribution in [0.4, 0.5) is 5.69 Å². The lowest BCUT2D eigenvalue weighted by Crippen LogP contribution is -2.30. The maximum Gasteiger partial charge on any atom is 0.243 e. The molecule has 2 rings (SSSR count). The fourth-order valence-corrected chi connectivity index (χ4v) is 5.04. The molecule has 0 aliphatic heterocycles. The topological polar surface area (TPSA) is 86.7 Å². The van der Waals surface area contributed by atoms with E-state index in [1.54, 1.807) is 19.9 Å². The van der Waals surface area contributed by atoms with Gasteiger partial charge in [-0.15, -0.1) is 11.8 Å². The molecule has 0 atom stereocenters. The Hall–Kier alpha value is -1.74. The molecule has 0 saturated heterocycles. The third kappa shape index (κ3) is 5.88. The Labute approximate surface area is 174 Å². The zero-order valence-corrected chi connectivity index (χ0v) is 18.1. The minimum atomic E-state index is -3.68. The number of thioether (sulfide) groups is 1. The number of hydrogen-bond donors (Lipinski definition) is 2. The van der Waals surface area contributed by atoms with E-state index in [0.717, 1.165) is 5.56 Å². The average molecular weight is 443 g/mol. The number of hydrogen-bond acceptors (Lipinski definition) is 5. The second-order valence-electron chi connectivity index (χ2n) is 5.94. The van der Waals surface area contributed by atoms with Crippen LogP contribution in [0.3, 0.4) is 0 Å². The molecule has 2 aromatic rings. The summed E-state index contributed by atoms with van der Waals surface area (Å²) in [5.74, 6) is 0.237. The quantitative estimate of drug-likeness (QED) is 0.574. The molecule has 9 heteroatoms. The van der Waals surface area contributed by atoms with E-state index in [1.807, 2.05) is 18.2 Å². The van der Waals surface area contributed by atoms with Crippen LogP contribution < -0.4 is 5.32 Å². The number of nitrogens with zero attached hydrogens (tertiary/aromatic N) is 1. The van der Waals surface area contributed by atoms with E-state index in [0.29, 0.717) is 23.9 Å². The lowest BCUT2D eigenvalue weighted by atomic mass is 10.2. The lowest BCUT2D eigenvalue weighted by molar-refractivity contribution is -0.113. The molecule has 0 fully saturated rings. The van der Waals surface area contributed by atoms with Crippen LogP contribution in [-0.4, -0.2) is 42.6 Å². The first-order valence-electron chi connectivity index (χ1n) is 8.73. The summed E-state index contributed by atoms with van der Waals surface area (Å²) in [6.45, 7) is 4.17. The minimum Gasteiger partial charge on any atom is -0.506 e. The molecule has 6 nitrogen and oxygen atoms in total. The van der Waals surface area contributed by atoms with Crippen LogP contribution in [0, 0.1) is 0 Å². The highest BCUT2D eigenvalue weighted by Crippen LogP contribution is 2.28. The number of amides is 1. The highest BCUT2D eigenvalue weighted by atomic mass is 35.5. The van der Waals surface area contributed by atoms with Crippen molar-refractivity contribution in [2.45, 2.75) is 24.5 Å². The van der Waals surface area contributed by atoms with E-state index < -0.39 is 10.0 Å². The molecule has 0 bridgehead atoms. The van der Waals surface area contributed by atoms with Gasteiger partial charge < -0.3 is 10.4 Å². The largest absolute Gasteiger partial charge is 0.506 e. The number of halogens is 1. The minimum absolute atomic E-state index is 0.0240. The van der Waals surface area contributed by atoms with Gasteiger partial charge in [-0.25, -0.2) is 8.42 Å². The van der Waals surface area contributed by atoms with Gasteiger partial charge >= 0.3 is 0 Å². The fourth-order valence-electron chi connectivity index (χ4n) is 2.56. The van der Waals surface area contributed by atoms with Gasteiger partial charge in [-0.1, -0.05) is 37.6 Å². The predicted molar refractivity (Wildman–Crippen MR) is 114 cm³/mol. The van der Waals surface area contributed by atoms with Crippen LogP contribution in [0.2, 0.25) is 5.02 Å². The molecule has 152 valence electrons. The number of benzene rings is 2. The molecule has 0 radical (unpaired) electrons. The zero-order valence-electron chi connectivity index (χ0n) is 15.7. The first kappa shape index (κ1) is 22.5. The third-order valence-electron chi connectivity index (χ3n) is 3.98. The molecule has 0 spiro atoms. The summed E-state index contributed by atoms with van der Waals surface area (Å²) < 4.78 is 26.5. The normalized spacial score (nSPS) is 11.6. The molecule has 0 saturated carbocycles. The summed E-state index contributed by atoms with van der Waals surface area (Å²) in [5, 5.41) is 13.2. The van der Waals surface area contributed by atoms with Crippen molar-refractivity contribution in [1.82, 2.24) is 4.31 Å². The van der Waals surface area contributed by atoms with Crippen molar-refractivity contribution in [3.63, 3.8) is 0 Å². The Balaban J connectivity index is 2.04. The molecule has 0 aliphatic carbocycles. The highest BCUT2D eigenvalue weighted by molar-refractivity contribution is 7.99. The average Bonchev–Trinajstić information content (AvgIpc) is 2.64. The van der Waals surface area contributed by atoms with E-state index in [2.05, 4.69) is 5.32 Å². The molecule has 1 amide bonds. The first-order chi connectivity index (χ1) is 13.3. The molecule has 28 heavy (non-hydrogen) atoms. The van der Waals surface area contributed by atoms with Gasteiger partial charge in [-0.2, -0.15) is 4.31 Å². The number of carbonyl (C=O) groups excluding carboxylic acids is 1. The van der Waals surface area contributed by atoms with Crippen LogP contribution in [0.15, 0.2) is 47.4 Å². The highest BCUT2D eigenvalue weighted by Gasteiger charge is 2.23. The number of nitrogens with one attached hydrogen (secondary N) is 1. The number of aromatic hydroxyl groups is 1. The Morgan fingerprint density at radius 3 is 2.54 bits per heavy atom. The lowest BCUT2D eigenvalue weighted by Gasteiger charge is -2.19. The van der Waals surface area contributed by atoms with Crippen LogP contribution in [0.5, 0.6) is 5.75 Å². The van der Waals surface area contributed by atoms with Crippen molar-refractivity contribution < 1.29 is 18.3 Å². The molecule has 2 N–H and O–H groups in total. The van der Waals surface area contributed by atoms with Crippen molar-refractivity contribution in [2.24, 2.45) is 0 Å². The van der Waals surface area contributed by atoms with E-state index in [1.165, 1.54) is 34.3 Å². The fraction of sp³-hybridized carbons (Fsp3) is 0.316. The van der Waals surface area contributed by atoms with Crippen molar-refractivity contribution in [3.8, 4) is 5.75 Å². The van der Waals surface area contributed by atoms with Crippen molar-refractivity contribution in [2.75, 3.05) is 24.2 Å². The van der Waals surface area contributed by atoms with E-state index in [9.17, 15) is 18.3 Å². The van der Waals surface area contributed by atoms with Crippen LogP contribution in [0.25, 0.3) is 0 Å². The van der Waals surface area contributed by atoms with Crippen molar-refractivity contribution >= 4 is 45.0 Å². The van der Waals surface area contributed by atoms with Crippen LogP contribution in [0.1, 0.15) is 19.4 Å². The molecular weight excluding hydrogens is 420 g/mol. The van der Waals surface area contributed by atoms with E-state index in [-0.39, 0.29) is 28.0 Å². The van der Waals surface area contributed by atoms with Crippen LogP contribution in [-0.2, 0) is 20.6 Å². The van der Waals surface area contributed by atoms with Crippen molar-refractivity contribution in [1.29, 1.82) is 0 Å². The number of carbonyl (C=O) groups is 1. The van der Waals surface area contributed by atoms with E-state index in [4.69, 9.17) is 11.6 Å². The van der Waals surface area contributed by atoms with Gasteiger partial charge in [0.1, 0.15) is 5.75 Å². The maximum absolute atomic E-state index is 12.6. The van der Waals surface area contributed by atoms with Gasteiger partial charge in [0.2, 0.25) is 15.9 Å². The van der Waals surface area contributed by atoms with Gasteiger partial charge in [0.15, 0.2) is 0 Å².